The summed E-state index contributed by atoms with van der Waals surface area (Å²) in [6, 6.07) is 13.5. The van der Waals surface area contributed by atoms with Gasteiger partial charge in [0.15, 0.2) is 0 Å². The molecule has 20 heavy (non-hydrogen) atoms. The van der Waals surface area contributed by atoms with Crippen molar-refractivity contribution in [2.45, 2.75) is 0 Å². The Labute approximate surface area is 129 Å². The zero-order chi connectivity index (χ0) is 14.1. The van der Waals surface area contributed by atoms with Crippen molar-refractivity contribution in [3.8, 4) is 0 Å². The molecule has 1 aromatic heterocycles. The van der Waals surface area contributed by atoms with Crippen LogP contribution in [0.2, 0.25) is 5.02 Å². The topological polar surface area (TPSA) is 50.9 Å². The lowest BCUT2D eigenvalue weighted by atomic mass is 10.1. The Balaban J connectivity index is 2.10. The van der Waals surface area contributed by atoms with Crippen molar-refractivity contribution >= 4 is 55.5 Å². The van der Waals surface area contributed by atoms with Crippen LogP contribution in [0.15, 0.2) is 53.1 Å². The van der Waals surface area contributed by atoms with Crippen molar-refractivity contribution in [1.29, 1.82) is 0 Å². The number of nitrogens with one attached hydrogen (secondary N) is 1. The minimum atomic E-state index is 0.606. The number of nitrogens with zero attached hydrogens (tertiary/aromatic N) is 1. The SMILES string of the molecule is Nc1cnc2ccccc2c1Nc1ccc(Cl)c(Br)c1. The number of rotatable bonds is 2. The van der Waals surface area contributed by atoms with E-state index in [1.807, 2.05) is 42.5 Å². The number of fused-ring (bicyclic) bond motifs is 1. The summed E-state index contributed by atoms with van der Waals surface area (Å²) in [6.07, 6.45) is 1.66. The first-order valence-corrected chi connectivity index (χ1v) is 7.17. The molecule has 0 radical (unpaired) electrons. The lowest BCUT2D eigenvalue weighted by Gasteiger charge is -2.12. The Hall–Kier alpha value is -1.78. The van der Waals surface area contributed by atoms with Gasteiger partial charge >= 0.3 is 0 Å². The van der Waals surface area contributed by atoms with E-state index >= 15 is 0 Å². The number of para-hydroxylation sites is 1. The molecule has 3 nitrogen and oxygen atoms in total. The predicted octanol–water partition coefficient (Wildman–Crippen LogP) is 4.98. The number of aromatic nitrogens is 1. The normalized spacial score (nSPS) is 10.7. The summed E-state index contributed by atoms with van der Waals surface area (Å²) in [5.74, 6) is 0. The van der Waals surface area contributed by atoms with Crippen molar-refractivity contribution in [3.63, 3.8) is 0 Å². The van der Waals surface area contributed by atoms with Crippen LogP contribution in [0, 0.1) is 0 Å². The molecule has 0 bridgehead atoms. The molecule has 0 amide bonds. The molecule has 0 atom stereocenters. The maximum absolute atomic E-state index is 6.04. The molecule has 0 saturated carbocycles. The molecule has 5 heteroatoms. The second kappa shape index (κ2) is 5.31. The second-order valence-electron chi connectivity index (χ2n) is 4.36. The van der Waals surface area contributed by atoms with Gasteiger partial charge in [-0.3, -0.25) is 4.98 Å². The maximum Gasteiger partial charge on any atom is 0.0746 e. The van der Waals surface area contributed by atoms with E-state index in [1.54, 1.807) is 6.20 Å². The first kappa shape index (κ1) is 13.2. The molecular formula is C15H11BrClN3. The standard InChI is InChI=1S/C15H11BrClN3/c16-11-7-9(5-6-12(11)17)20-15-10-3-1-2-4-14(10)19-8-13(15)18/h1-8H,18H2,(H,19,20). The minimum absolute atomic E-state index is 0.606. The van der Waals surface area contributed by atoms with Gasteiger partial charge < -0.3 is 11.1 Å². The molecule has 3 N–H and O–H groups in total. The van der Waals surface area contributed by atoms with E-state index in [4.69, 9.17) is 17.3 Å². The largest absolute Gasteiger partial charge is 0.396 e. The lowest BCUT2D eigenvalue weighted by molar-refractivity contribution is 1.40. The predicted molar refractivity (Wildman–Crippen MR) is 88.6 cm³/mol. The number of nitrogen functional groups attached to an aromatic ring is 1. The first-order chi connectivity index (χ1) is 9.65. The van der Waals surface area contributed by atoms with E-state index in [2.05, 4.69) is 26.2 Å². The fraction of sp³-hybridized carbons (Fsp3) is 0. The number of hydrogen-bond donors (Lipinski definition) is 2. The van der Waals surface area contributed by atoms with Gasteiger partial charge in [0.2, 0.25) is 0 Å². The highest BCUT2D eigenvalue weighted by atomic mass is 79.9. The quantitative estimate of drug-likeness (QED) is 0.687. The van der Waals surface area contributed by atoms with Crippen LogP contribution in [0.1, 0.15) is 0 Å². The first-order valence-electron chi connectivity index (χ1n) is 6.00. The van der Waals surface area contributed by atoms with E-state index in [1.165, 1.54) is 0 Å². The average molecular weight is 349 g/mol. The van der Waals surface area contributed by atoms with Gasteiger partial charge in [0.05, 0.1) is 28.1 Å². The highest BCUT2D eigenvalue weighted by Crippen LogP contribution is 2.32. The molecule has 2 aromatic carbocycles. The smallest absolute Gasteiger partial charge is 0.0746 e. The summed E-state index contributed by atoms with van der Waals surface area (Å²) in [6.45, 7) is 0. The van der Waals surface area contributed by atoms with Crippen LogP contribution >= 0.6 is 27.5 Å². The molecule has 3 rings (SSSR count). The number of halogens is 2. The molecule has 3 aromatic rings. The highest BCUT2D eigenvalue weighted by Gasteiger charge is 2.07. The van der Waals surface area contributed by atoms with Crippen LogP contribution in [-0.4, -0.2) is 4.98 Å². The third-order valence-corrected chi connectivity index (χ3v) is 4.21. The second-order valence-corrected chi connectivity index (χ2v) is 5.62. The lowest BCUT2D eigenvalue weighted by Crippen LogP contribution is -1.98. The van der Waals surface area contributed by atoms with Crippen molar-refractivity contribution in [2.75, 3.05) is 11.1 Å². The van der Waals surface area contributed by atoms with Gasteiger partial charge in [0.1, 0.15) is 0 Å². The van der Waals surface area contributed by atoms with Gasteiger partial charge in [-0.25, -0.2) is 0 Å². The average Bonchev–Trinajstić information content (AvgIpc) is 2.46. The molecule has 0 fully saturated rings. The number of benzene rings is 2. The van der Waals surface area contributed by atoms with E-state index in [0.29, 0.717) is 10.7 Å². The monoisotopic (exact) mass is 347 g/mol. The summed E-state index contributed by atoms with van der Waals surface area (Å²) < 4.78 is 0.834. The van der Waals surface area contributed by atoms with Gasteiger partial charge in [0.25, 0.3) is 0 Å². The van der Waals surface area contributed by atoms with Crippen LogP contribution in [0.25, 0.3) is 10.9 Å². The van der Waals surface area contributed by atoms with Gasteiger partial charge in [-0.05, 0) is 40.2 Å². The third-order valence-electron chi connectivity index (χ3n) is 2.99. The Kier molecular flexibility index (Phi) is 3.51. The number of hydrogen-bond acceptors (Lipinski definition) is 3. The number of nitrogens with two attached hydrogens (primary N) is 1. The Morgan fingerprint density at radius 3 is 2.75 bits per heavy atom. The zero-order valence-corrected chi connectivity index (χ0v) is 12.7. The Bertz CT molecular complexity index is 789. The van der Waals surface area contributed by atoms with Crippen molar-refractivity contribution < 1.29 is 0 Å². The highest BCUT2D eigenvalue weighted by molar-refractivity contribution is 9.10. The number of anilines is 3. The minimum Gasteiger partial charge on any atom is -0.396 e. The Morgan fingerprint density at radius 2 is 1.95 bits per heavy atom. The van der Waals surface area contributed by atoms with Crippen LogP contribution in [0.3, 0.4) is 0 Å². The Morgan fingerprint density at radius 1 is 1.15 bits per heavy atom. The zero-order valence-electron chi connectivity index (χ0n) is 10.4. The van der Waals surface area contributed by atoms with Crippen LogP contribution in [-0.2, 0) is 0 Å². The fourth-order valence-electron chi connectivity index (χ4n) is 2.01. The van der Waals surface area contributed by atoms with Crippen molar-refractivity contribution in [1.82, 2.24) is 4.98 Å². The van der Waals surface area contributed by atoms with Crippen LogP contribution < -0.4 is 11.1 Å². The van der Waals surface area contributed by atoms with E-state index in [0.717, 1.165) is 26.8 Å². The van der Waals surface area contributed by atoms with Gasteiger partial charge in [-0.15, -0.1) is 0 Å². The van der Waals surface area contributed by atoms with Crippen molar-refractivity contribution in [3.05, 3.63) is 58.2 Å². The summed E-state index contributed by atoms with van der Waals surface area (Å²) in [5, 5.41) is 4.98. The molecule has 0 saturated heterocycles. The summed E-state index contributed by atoms with van der Waals surface area (Å²) in [7, 11) is 0. The molecule has 0 aliphatic rings. The van der Waals surface area contributed by atoms with Gasteiger partial charge in [0, 0.05) is 15.5 Å². The number of pyridine rings is 1. The summed E-state index contributed by atoms with van der Waals surface area (Å²) in [4.78, 5) is 4.32. The summed E-state index contributed by atoms with van der Waals surface area (Å²) >= 11 is 9.41. The van der Waals surface area contributed by atoms with Gasteiger partial charge in [-0.1, -0.05) is 29.8 Å². The third kappa shape index (κ3) is 2.44. The van der Waals surface area contributed by atoms with Gasteiger partial charge in [-0.2, -0.15) is 0 Å². The molecule has 0 unspecified atom stereocenters. The molecule has 0 spiro atoms. The molecule has 0 aliphatic heterocycles. The maximum atomic E-state index is 6.04. The molecule has 100 valence electrons. The van der Waals surface area contributed by atoms with Crippen molar-refractivity contribution in [2.24, 2.45) is 0 Å². The molecular weight excluding hydrogens is 338 g/mol. The molecule has 1 heterocycles. The summed E-state index contributed by atoms with van der Waals surface area (Å²) in [5.41, 5.74) is 9.30. The fourth-order valence-corrected chi connectivity index (χ4v) is 2.51. The van der Waals surface area contributed by atoms with Crippen LogP contribution in [0.4, 0.5) is 17.1 Å². The van der Waals surface area contributed by atoms with E-state index in [9.17, 15) is 0 Å². The van der Waals surface area contributed by atoms with Crippen LogP contribution in [0.5, 0.6) is 0 Å². The van der Waals surface area contributed by atoms with E-state index in [-0.39, 0.29) is 0 Å². The van der Waals surface area contributed by atoms with E-state index < -0.39 is 0 Å². The molecule has 0 aliphatic carbocycles.